The number of fused-ring (bicyclic) bond motifs is 2. The molecule has 126 valence electrons. The first kappa shape index (κ1) is 14.8. The lowest BCUT2D eigenvalue weighted by Crippen LogP contribution is -2.37. The first-order chi connectivity index (χ1) is 12.3. The molecule has 0 aliphatic heterocycles. The van der Waals surface area contributed by atoms with E-state index in [0.29, 0.717) is 29.7 Å². The summed E-state index contributed by atoms with van der Waals surface area (Å²) in [5.41, 5.74) is 3.46. The van der Waals surface area contributed by atoms with Crippen LogP contribution >= 0.6 is 0 Å². The molecular formula is C20H20N4O. The minimum Gasteiger partial charge on any atom is -0.274 e. The van der Waals surface area contributed by atoms with Gasteiger partial charge in [-0.1, -0.05) is 41.6 Å². The molecule has 1 saturated carbocycles. The minimum atomic E-state index is -0.0532. The van der Waals surface area contributed by atoms with Gasteiger partial charge in [0.15, 0.2) is 0 Å². The van der Waals surface area contributed by atoms with Crippen molar-refractivity contribution in [1.82, 2.24) is 19.9 Å². The van der Waals surface area contributed by atoms with Gasteiger partial charge in [0, 0.05) is 12.1 Å². The Morgan fingerprint density at radius 3 is 2.72 bits per heavy atom. The van der Waals surface area contributed by atoms with E-state index in [1.165, 1.54) is 28.7 Å². The second kappa shape index (κ2) is 5.77. The summed E-state index contributed by atoms with van der Waals surface area (Å²) >= 11 is 0. The van der Waals surface area contributed by atoms with Crippen molar-refractivity contribution in [2.45, 2.75) is 44.4 Å². The van der Waals surface area contributed by atoms with Crippen LogP contribution in [0.3, 0.4) is 0 Å². The van der Waals surface area contributed by atoms with E-state index >= 15 is 0 Å². The van der Waals surface area contributed by atoms with Crippen LogP contribution in [0.1, 0.15) is 36.4 Å². The molecule has 0 spiro atoms. The zero-order valence-corrected chi connectivity index (χ0v) is 14.0. The molecule has 0 saturated heterocycles. The van der Waals surface area contributed by atoms with Gasteiger partial charge in [0.2, 0.25) is 0 Å². The second-order valence-corrected chi connectivity index (χ2v) is 7.05. The summed E-state index contributed by atoms with van der Waals surface area (Å²) in [6.45, 7) is 0.514. The standard InChI is InChI=1S/C20H20N4O/c25-20-17-7-3-4-8-18(17)21-22-24(20)13-23(15-10-11-15)19-12-9-14-5-1-2-6-16(14)19/h1-8,15,19H,9-13H2. The predicted octanol–water partition coefficient (Wildman–Crippen LogP) is 2.90. The van der Waals surface area contributed by atoms with E-state index in [-0.39, 0.29) is 5.56 Å². The van der Waals surface area contributed by atoms with E-state index in [2.05, 4.69) is 39.5 Å². The highest BCUT2D eigenvalue weighted by atomic mass is 16.1. The van der Waals surface area contributed by atoms with Crippen LogP contribution in [0.5, 0.6) is 0 Å². The largest absolute Gasteiger partial charge is 0.278 e. The zero-order valence-electron chi connectivity index (χ0n) is 14.0. The summed E-state index contributed by atoms with van der Waals surface area (Å²) in [5, 5.41) is 9.07. The first-order valence-corrected chi connectivity index (χ1v) is 8.97. The summed E-state index contributed by atoms with van der Waals surface area (Å²) in [6.07, 6.45) is 4.64. The first-order valence-electron chi connectivity index (χ1n) is 8.97. The molecule has 1 atom stereocenters. The van der Waals surface area contributed by atoms with Crippen molar-refractivity contribution in [1.29, 1.82) is 0 Å². The molecule has 0 radical (unpaired) electrons. The van der Waals surface area contributed by atoms with Gasteiger partial charge in [-0.3, -0.25) is 9.69 Å². The molecule has 0 N–H and O–H groups in total. The van der Waals surface area contributed by atoms with Gasteiger partial charge in [0.1, 0.15) is 5.52 Å². The van der Waals surface area contributed by atoms with Gasteiger partial charge in [-0.15, -0.1) is 5.10 Å². The summed E-state index contributed by atoms with van der Waals surface area (Å²) in [4.78, 5) is 15.3. The van der Waals surface area contributed by atoms with Gasteiger partial charge in [0.05, 0.1) is 12.1 Å². The van der Waals surface area contributed by atoms with Gasteiger partial charge in [-0.25, -0.2) is 0 Å². The molecule has 3 aromatic rings. The topological polar surface area (TPSA) is 51.0 Å². The quantitative estimate of drug-likeness (QED) is 0.737. The van der Waals surface area contributed by atoms with Gasteiger partial charge < -0.3 is 0 Å². The smallest absolute Gasteiger partial charge is 0.274 e. The number of aromatic nitrogens is 3. The molecular weight excluding hydrogens is 312 g/mol. The molecule has 0 amide bonds. The number of hydrogen-bond donors (Lipinski definition) is 0. The van der Waals surface area contributed by atoms with Crippen molar-refractivity contribution >= 4 is 10.9 Å². The molecule has 2 aliphatic rings. The van der Waals surface area contributed by atoms with E-state index in [1.807, 2.05) is 24.3 Å². The summed E-state index contributed by atoms with van der Waals surface area (Å²) in [5.74, 6) is 0. The van der Waals surface area contributed by atoms with Crippen molar-refractivity contribution in [3.05, 3.63) is 70.0 Å². The Hall–Kier alpha value is -2.53. The molecule has 5 rings (SSSR count). The highest BCUT2D eigenvalue weighted by Crippen LogP contribution is 2.41. The van der Waals surface area contributed by atoms with E-state index in [9.17, 15) is 4.79 Å². The van der Waals surface area contributed by atoms with Crippen LogP contribution in [-0.2, 0) is 13.1 Å². The van der Waals surface area contributed by atoms with Crippen molar-refractivity contribution in [2.24, 2.45) is 0 Å². The average Bonchev–Trinajstić information content (AvgIpc) is 3.41. The minimum absolute atomic E-state index is 0.0532. The van der Waals surface area contributed by atoms with Gasteiger partial charge in [0.25, 0.3) is 5.56 Å². The number of nitrogens with zero attached hydrogens (tertiary/aromatic N) is 4. The normalized spacial score (nSPS) is 19.5. The Bertz CT molecular complexity index is 992. The lowest BCUT2D eigenvalue weighted by molar-refractivity contribution is 0.128. The predicted molar refractivity (Wildman–Crippen MR) is 96.2 cm³/mol. The monoisotopic (exact) mass is 332 g/mol. The fraction of sp³-hybridized carbons (Fsp3) is 0.350. The number of hydrogen-bond acceptors (Lipinski definition) is 4. The molecule has 1 heterocycles. The third-order valence-corrected chi connectivity index (χ3v) is 5.44. The Labute approximate surface area is 145 Å². The molecule has 25 heavy (non-hydrogen) atoms. The van der Waals surface area contributed by atoms with E-state index in [4.69, 9.17) is 0 Å². The Morgan fingerprint density at radius 1 is 1.04 bits per heavy atom. The average molecular weight is 332 g/mol. The molecule has 0 bridgehead atoms. The second-order valence-electron chi connectivity index (χ2n) is 7.05. The van der Waals surface area contributed by atoms with E-state index in [0.717, 1.165) is 12.8 Å². The van der Waals surface area contributed by atoms with Crippen molar-refractivity contribution in [2.75, 3.05) is 0 Å². The number of benzene rings is 2. The summed E-state index contributed by atoms with van der Waals surface area (Å²) in [6, 6.07) is 17.0. The Kier molecular flexibility index (Phi) is 3.41. The molecule has 1 unspecified atom stereocenters. The van der Waals surface area contributed by atoms with Crippen LogP contribution in [0.15, 0.2) is 53.3 Å². The maximum absolute atomic E-state index is 12.8. The third kappa shape index (κ3) is 2.55. The molecule has 2 aromatic carbocycles. The van der Waals surface area contributed by atoms with Gasteiger partial charge in [-0.05, 0) is 48.9 Å². The maximum Gasteiger partial charge on any atom is 0.278 e. The van der Waals surface area contributed by atoms with Gasteiger partial charge in [-0.2, -0.15) is 4.68 Å². The summed E-state index contributed by atoms with van der Waals surface area (Å²) < 4.78 is 1.53. The number of rotatable bonds is 4. The zero-order chi connectivity index (χ0) is 16.8. The molecule has 5 heteroatoms. The van der Waals surface area contributed by atoms with Crippen LogP contribution in [0, 0.1) is 0 Å². The third-order valence-electron chi connectivity index (χ3n) is 5.44. The highest BCUT2D eigenvalue weighted by molar-refractivity contribution is 5.76. The van der Waals surface area contributed by atoms with Crippen molar-refractivity contribution in [3.8, 4) is 0 Å². The van der Waals surface area contributed by atoms with Crippen LogP contribution in [0.25, 0.3) is 10.9 Å². The summed E-state index contributed by atoms with van der Waals surface area (Å²) in [7, 11) is 0. The maximum atomic E-state index is 12.8. The SMILES string of the molecule is O=c1c2ccccc2nnn1CN(C1CC1)C1CCc2ccccc21. The fourth-order valence-electron chi connectivity index (χ4n) is 4.02. The lowest BCUT2D eigenvalue weighted by Gasteiger charge is -2.29. The molecule has 5 nitrogen and oxygen atoms in total. The van der Waals surface area contributed by atoms with E-state index in [1.54, 1.807) is 0 Å². The highest BCUT2D eigenvalue weighted by Gasteiger charge is 2.37. The van der Waals surface area contributed by atoms with Crippen LogP contribution in [0.2, 0.25) is 0 Å². The van der Waals surface area contributed by atoms with E-state index < -0.39 is 0 Å². The Morgan fingerprint density at radius 2 is 1.84 bits per heavy atom. The van der Waals surface area contributed by atoms with Crippen LogP contribution in [0.4, 0.5) is 0 Å². The van der Waals surface area contributed by atoms with Crippen LogP contribution in [-0.4, -0.2) is 25.9 Å². The number of aryl methyl sites for hydroxylation is 1. The van der Waals surface area contributed by atoms with Crippen molar-refractivity contribution in [3.63, 3.8) is 0 Å². The fourth-order valence-corrected chi connectivity index (χ4v) is 4.02. The molecule has 1 aromatic heterocycles. The van der Waals surface area contributed by atoms with Crippen LogP contribution < -0.4 is 5.56 Å². The van der Waals surface area contributed by atoms with Gasteiger partial charge >= 0.3 is 0 Å². The van der Waals surface area contributed by atoms with Crippen molar-refractivity contribution < 1.29 is 0 Å². The lowest BCUT2D eigenvalue weighted by atomic mass is 10.1. The molecule has 2 aliphatic carbocycles. The Balaban J connectivity index is 1.51. The molecule has 1 fully saturated rings.